The van der Waals surface area contributed by atoms with Gasteiger partial charge >= 0.3 is 5.97 Å². The lowest BCUT2D eigenvalue weighted by Crippen LogP contribution is -2.32. The molecule has 0 radical (unpaired) electrons. The van der Waals surface area contributed by atoms with Crippen molar-refractivity contribution in [2.24, 2.45) is 26.3 Å². The Hall–Kier alpha value is -11.1. The number of carboxylic acid groups (broad SMARTS) is 1. The first-order chi connectivity index (χ1) is 46.9. The van der Waals surface area contributed by atoms with Crippen LogP contribution in [0.5, 0.6) is 0 Å². The molecule has 99 heavy (non-hydrogen) atoms. The lowest BCUT2D eigenvalue weighted by atomic mass is 9.94. The van der Waals surface area contributed by atoms with Crippen molar-refractivity contribution in [3.8, 4) is 11.4 Å². The number of benzene rings is 7. The van der Waals surface area contributed by atoms with E-state index in [0.29, 0.717) is 68.3 Å². The van der Waals surface area contributed by atoms with Gasteiger partial charge in [-0.25, -0.2) is 19.2 Å². The number of rotatable bonds is 11. The quantitative estimate of drug-likeness (QED) is 0.0456. The van der Waals surface area contributed by atoms with Crippen LogP contribution < -0.4 is 31.2 Å². The number of carbonyl (C=O) groups is 6. The van der Waals surface area contributed by atoms with Crippen LogP contribution in [-0.4, -0.2) is 109 Å². The first-order valence-electron chi connectivity index (χ1n) is 29.3. The second-order valence-electron chi connectivity index (χ2n) is 21.6. The summed E-state index contributed by atoms with van der Waals surface area (Å²) in [6.07, 6.45) is 0.637. The molecule has 0 saturated heterocycles. The zero-order valence-corrected chi connectivity index (χ0v) is 56.7. The topological polar surface area (TPSA) is 369 Å². The van der Waals surface area contributed by atoms with Crippen LogP contribution in [0, 0.1) is 19.8 Å². The first kappa shape index (κ1) is 73.8. The normalized spacial score (nSPS) is 14.7. The zero-order valence-electron chi connectivity index (χ0n) is 52.8. The molecule has 0 bridgehead atoms. The highest BCUT2D eigenvalue weighted by molar-refractivity contribution is 7.86. The molecule has 5 N–H and O–H groups in total. The smallest absolute Gasteiger partial charge is 0.352 e. The van der Waals surface area contributed by atoms with Gasteiger partial charge in [0.2, 0.25) is 0 Å². The Morgan fingerprint density at radius 3 is 1.36 bits per heavy atom. The Morgan fingerprint density at radius 2 is 0.889 bits per heavy atom. The molecular weight excluding hydrogens is 1380 g/mol. The number of nitrogens with zero attached hydrogens (tertiary/aromatic N) is 10. The number of Topliss-reactive ketones (excluding diaryl/α,β-unsaturated/α-hetero) is 1. The van der Waals surface area contributed by atoms with E-state index in [4.69, 9.17) is 49.0 Å². The largest absolute Gasteiger partial charge is 0.477 e. The second kappa shape index (κ2) is 32.3. The van der Waals surface area contributed by atoms with Crippen molar-refractivity contribution in [3.05, 3.63) is 247 Å². The number of aliphatic carboxylic acids is 1. The molecule has 0 fully saturated rings. The van der Waals surface area contributed by atoms with Crippen molar-refractivity contribution in [1.82, 2.24) is 19.6 Å². The Balaban J connectivity index is 0.000000152. The number of nitrogens with one attached hydrogen (secondary N) is 2. The molecule has 1 atom stereocenters. The number of amides is 4. The van der Waals surface area contributed by atoms with Crippen molar-refractivity contribution in [2.45, 2.75) is 63.7 Å². The SMILES string of the molecule is CC1=NN(c2ccc(Cl)cc2)C(=O)C1.CC1=NN(c2ccccc2)C(=O)C1C(=O)c1ccccc1.CC1=NN(c2ccccc2Cl)C(=O)C1.Cc1cc(=O)n(-c2cc(S(=O)(=O)O)ccc2Cl)[nH]1.Cc1cc(=O)n(-c2ccc(S(=O)(=O)O)cc2)[nH]1.O=C(O)C1=NN(c2ccccc2)C(=O)C1. The summed E-state index contributed by atoms with van der Waals surface area (Å²) in [6.45, 7) is 8.80. The van der Waals surface area contributed by atoms with Crippen molar-refractivity contribution in [3.63, 3.8) is 0 Å². The Kier molecular flexibility index (Phi) is 24.1. The standard InChI is InChI=1S/C17H14N2O2.C10H9ClN2O4S.2C10H9ClN2O.C10H10N2O4S.C10H8N2O3/c1-12-15(16(20)13-8-4-2-5-9-13)17(21)19(18-12)14-10-6-3-7-11-14;1-6-4-10(14)13(12-6)9-5-7(18(15,16)17)2-3-8(9)11;1-7-6-10(14)13(12-7)9-4-2-8(11)3-5-9;1-7-6-10(14)13(12-7)9-5-3-2-4-8(9)11;1-7-6-10(13)12(11-7)8-2-4-9(5-3-8)17(14,15)16;13-9-6-8(10(14)15)11-12(9)7-4-2-1-3-5-7/h2-11,15H,1H3;2-5,12H,1H3,(H,15,16,17);2*2-5H,6H2,1H3;2-6,11H,1H3,(H,14,15,16);1-5H,6H2,(H,14,15). The van der Waals surface area contributed by atoms with Gasteiger partial charge in [0, 0.05) is 45.5 Å². The minimum atomic E-state index is -4.34. The second-order valence-corrected chi connectivity index (χ2v) is 25.7. The average Bonchev–Trinajstić information content (AvgIpc) is 1.78. The summed E-state index contributed by atoms with van der Waals surface area (Å²) in [7, 11) is -8.55. The summed E-state index contributed by atoms with van der Waals surface area (Å²) in [5.41, 5.74) is 6.60. The van der Waals surface area contributed by atoms with Gasteiger partial charge in [-0.05, 0) is 138 Å². The number of hydrogen-bond acceptors (Lipinski definition) is 16. The summed E-state index contributed by atoms with van der Waals surface area (Å²) in [6, 6.07) is 52.6. The number of aromatic amines is 2. The van der Waals surface area contributed by atoms with E-state index in [-0.39, 0.29) is 73.2 Å². The number of H-pyrrole nitrogens is 2. The van der Waals surface area contributed by atoms with Gasteiger partial charge in [0.1, 0.15) is 5.92 Å². The van der Waals surface area contributed by atoms with Gasteiger partial charge in [-0.2, -0.15) is 52.3 Å². The number of aryl methyl sites for hydroxylation is 2. The number of halogens is 3. The van der Waals surface area contributed by atoms with Gasteiger partial charge in [-0.15, -0.1) is 0 Å². The number of anilines is 4. The van der Waals surface area contributed by atoms with Crippen molar-refractivity contribution < 1.29 is 59.8 Å². The molecule has 1 unspecified atom stereocenters. The van der Waals surface area contributed by atoms with E-state index < -0.39 is 32.1 Å². The van der Waals surface area contributed by atoms with Gasteiger partial charge in [0.25, 0.3) is 55.0 Å². The molecule has 27 nitrogen and oxygen atoms in total. The van der Waals surface area contributed by atoms with Crippen LogP contribution in [0.3, 0.4) is 0 Å². The van der Waals surface area contributed by atoms with Crippen LogP contribution >= 0.6 is 34.8 Å². The number of aromatic nitrogens is 4. The van der Waals surface area contributed by atoms with Gasteiger partial charge in [0.05, 0.1) is 78.9 Å². The maximum atomic E-state index is 12.5. The molecule has 4 aliphatic heterocycles. The third-order valence-corrected chi connectivity index (χ3v) is 16.6. The highest BCUT2D eigenvalue weighted by Crippen LogP contribution is 2.30. The van der Waals surface area contributed by atoms with Crippen LogP contribution in [0.4, 0.5) is 22.7 Å². The number of carboxylic acids is 1. The van der Waals surface area contributed by atoms with E-state index in [0.717, 1.165) is 38.9 Å². The van der Waals surface area contributed by atoms with Gasteiger partial charge in [-0.1, -0.05) is 114 Å². The molecule has 4 amide bonds. The molecule has 6 heterocycles. The summed E-state index contributed by atoms with van der Waals surface area (Å²) < 4.78 is 63.9. The highest BCUT2D eigenvalue weighted by Gasteiger charge is 2.40. The van der Waals surface area contributed by atoms with E-state index in [1.54, 1.807) is 118 Å². The number of para-hydroxylation sites is 3. The fourth-order valence-corrected chi connectivity index (χ4v) is 10.9. The number of hydrazone groups is 4. The molecule has 32 heteroatoms. The molecule has 7 aromatic carbocycles. The molecule has 0 spiro atoms. The monoisotopic (exact) mass is 1440 g/mol. The average molecular weight is 1440 g/mol. The number of hydrogen-bond donors (Lipinski definition) is 5. The summed E-state index contributed by atoms with van der Waals surface area (Å²) in [5.74, 6) is -2.83. The highest BCUT2D eigenvalue weighted by atomic mass is 35.5. The maximum Gasteiger partial charge on any atom is 0.352 e. The Morgan fingerprint density at radius 1 is 0.455 bits per heavy atom. The predicted molar refractivity (Wildman–Crippen MR) is 375 cm³/mol. The van der Waals surface area contributed by atoms with E-state index in [1.165, 1.54) is 62.2 Å². The van der Waals surface area contributed by atoms with E-state index in [9.17, 15) is 55.2 Å². The van der Waals surface area contributed by atoms with Crippen molar-refractivity contribution in [2.75, 3.05) is 20.0 Å². The zero-order chi connectivity index (χ0) is 72.0. The number of carbonyl (C=O) groups excluding carboxylic acids is 5. The van der Waals surface area contributed by atoms with E-state index in [2.05, 4.69) is 30.6 Å². The molecule has 13 rings (SSSR count). The summed E-state index contributed by atoms with van der Waals surface area (Å²) >= 11 is 17.6. The molecule has 0 saturated carbocycles. The molecule has 4 aliphatic rings. The number of ketones is 1. The fraction of sp³-hybridized carbons (Fsp3) is 0.134. The molecule has 510 valence electrons. The third-order valence-electron chi connectivity index (χ3n) is 14.0. The third kappa shape index (κ3) is 19.2. The lowest BCUT2D eigenvalue weighted by Gasteiger charge is -2.13. The lowest BCUT2D eigenvalue weighted by molar-refractivity contribution is -0.130. The van der Waals surface area contributed by atoms with Crippen LogP contribution in [0.15, 0.2) is 234 Å². The van der Waals surface area contributed by atoms with Gasteiger partial charge < -0.3 is 5.11 Å². The van der Waals surface area contributed by atoms with Gasteiger partial charge in [-0.3, -0.25) is 52.9 Å². The van der Waals surface area contributed by atoms with Crippen LogP contribution in [-0.2, 0) is 44.2 Å². The maximum absolute atomic E-state index is 12.5. The summed E-state index contributed by atoms with van der Waals surface area (Å²) in [4.78, 5) is 92.6. The molecule has 0 aliphatic carbocycles. The minimum Gasteiger partial charge on any atom is -0.477 e. The van der Waals surface area contributed by atoms with Gasteiger partial charge in [0.15, 0.2) is 11.5 Å². The molecule has 2 aromatic heterocycles. The van der Waals surface area contributed by atoms with Crippen LogP contribution in [0.25, 0.3) is 11.4 Å². The van der Waals surface area contributed by atoms with E-state index >= 15 is 0 Å². The first-order valence-corrected chi connectivity index (χ1v) is 33.3. The van der Waals surface area contributed by atoms with Crippen LogP contribution in [0.1, 0.15) is 61.8 Å². The van der Waals surface area contributed by atoms with Crippen molar-refractivity contribution in [1.29, 1.82) is 0 Å². The van der Waals surface area contributed by atoms with Crippen LogP contribution in [0.2, 0.25) is 15.1 Å². The Bertz CT molecular complexity index is 5030. The van der Waals surface area contributed by atoms with Crippen molar-refractivity contribution >= 4 is 136 Å². The predicted octanol–water partition coefficient (Wildman–Crippen LogP) is 10.8. The Labute approximate surface area is 580 Å². The summed E-state index contributed by atoms with van der Waals surface area (Å²) in [5, 5.41) is 37.0. The molecule has 9 aromatic rings. The van der Waals surface area contributed by atoms with E-state index in [1.807, 2.05) is 56.3 Å². The fourth-order valence-electron chi connectivity index (χ4n) is 9.41. The molecular formula is C67H59Cl3N12O15S2. The minimum absolute atomic E-state index is 0.00447.